The zero-order chi connectivity index (χ0) is 14.3. The number of nitrogens with two attached hydrogens (primary N) is 1. The molecule has 1 aromatic rings. The van der Waals surface area contributed by atoms with Crippen LogP contribution in [0.5, 0.6) is 0 Å². The number of benzene rings is 1. The highest BCUT2D eigenvalue weighted by atomic mass is 16.4. The maximum atomic E-state index is 8.70. The third-order valence-electron chi connectivity index (χ3n) is 3.51. The van der Waals surface area contributed by atoms with E-state index in [9.17, 15) is 0 Å². The molecule has 1 rings (SSSR count). The van der Waals surface area contributed by atoms with E-state index in [2.05, 4.69) is 37.0 Å². The second kappa shape index (κ2) is 7.79. The van der Waals surface area contributed by atoms with E-state index in [1.54, 1.807) is 0 Å². The first-order chi connectivity index (χ1) is 9.10. The van der Waals surface area contributed by atoms with Crippen LogP contribution in [-0.4, -0.2) is 29.5 Å². The van der Waals surface area contributed by atoms with Gasteiger partial charge in [0.05, 0.1) is 0 Å². The van der Waals surface area contributed by atoms with Gasteiger partial charge in [-0.25, -0.2) is 0 Å². The molecule has 0 aromatic heterocycles. The molecule has 0 aliphatic carbocycles. The molecule has 0 saturated carbocycles. The second-order valence-electron chi connectivity index (χ2n) is 5.06. The lowest BCUT2D eigenvalue weighted by Crippen LogP contribution is -2.25. The molecule has 0 saturated heterocycles. The average molecular weight is 263 g/mol. The summed E-state index contributed by atoms with van der Waals surface area (Å²) in [4.78, 5) is 2.32. The molecule has 0 aliphatic rings. The highest BCUT2D eigenvalue weighted by molar-refractivity contribution is 5.97. The van der Waals surface area contributed by atoms with Gasteiger partial charge >= 0.3 is 0 Å². The van der Waals surface area contributed by atoms with Crippen molar-refractivity contribution >= 4 is 5.84 Å². The molecule has 0 atom stereocenters. The molecular formula is C15H25N3O. The average Bonchev–Trinajstić information content (AvgIpc) is 2.44. The van der Waals surface area contributed by atoms with Crippen LogP contribution in [0.4, 0.5) is 0 Å². The van der Waals surface area contributed by atoms with E-state index in [-0.39, 0.29) is 5.84 Å². The Balaban J connectivity index is 2.66. The zero-order valence-corrected chi connectivity index (χ0v) is 12.1. The monoisotopic (exact) mass is 263 g/mol. The van der Waals surface area contributed by atoms with Gasteiger partial charge in [0.2, 0.25) is 0 Å². The normalized spacial score (nSPS) is 12.4. The molecule has 3 N–H and O–H groups in total. The van der Waals surface area contributed by atoms with E-state index >= 15 is 0 Å². The van der Waals surface area contributed by atoms with Gasteiger partial charge in [0.25, 0.3) is 0 Å². The molecule has 0 aliphatic heterocycles. The fraction of sp³-hybridized carbons (Fsp3) is 0.533. The summed E-state index contributed by atoms with van der Waals surface area (Å²) in [6.45, 7) is 6.45. The fourth-order valence-electron chi connectivity index (χ4n) is 2.25. The first-order valence-electron chi connectivity index (χ1n) is 6.86. The Morgan fingerprint density at radius 3 is 2.63 bits per heavy atom. The molecule has 0 heterocycles. The van der Waals surface area contributed by atoms with E-state index in [0.717, 1.165) is 24.6 Å². The van der Waals surface area contributed by atoms with Crippen molar-refractivity contribution in [2.75, 3.05) is 13.6 Å². The lowest BCUT2D eigenvalue weighted by molar-refractivity contribution is 0.260. The van der Waals surface area contributed by atoms with Crippen molar-refractivity contribution < 1.29 is 5.21 Å². The summed E-state index contributed by atoms with van der Waals surface area (Å²) in [5.41, 5.74) is 7.54. The largest absolute Gasteiger partial charge is 0.409 e. The van der Waals surface area contributed by atoms with Crippen LogP contribution in [0.2, 0.25) is 0 Å². The summed E-state index contributed by atoms with van der Waals surface area (Å²) in [7, 11) is 2.13. The Bertz CT molecular complexity index is 414. The van der Waals surface area contributed by atoms with Crippen molar-refractivity contribution in [3.8, 4) is 0 Å². The standard InChI is InChI=1S/C15H25N3O/c1-4-12(5-2)10-18(3)11-13-7-6-8-14(9-13)15(16)17-19/h6-9,12,19H,4-5,10-11H2,1-3H3,(H2,16,17). The fourth-order valence-corrected chi connectivity index (χ4v) is 2.25. The molecule has 4 heteroatoms. The number of nitrogens with zero attached hydrogens (tertiary/aromatic N) is 2. The third kappa shape index (κ3) is 4.91. The molecular weight excluding hydrogens is 238 g/mol. The van der Waals surface area contributed by atoms with Gasteiger partial charge < -0.3 is 15.8 Å². The zero-order valence-electron chi connectivity index (χ0n) is 12.1. The number of hydrogen-bond acceptors (Lipinski definition) is 3. The quantitative estimate of drug-likeness (QED) is 0.344. The molecule has 0 bridgehead atoms. The predicted octanol–water partition coefficient (Wildman–Crippen LogP) is 2.65. The van der Waals surface area contributed by atoms with Crippen molar-refractivity contribution in [2.24, 2.45) is 16.8 Å². The molecule has 1 aromatic carbocycles. The van der Waals surface area contributed by atoms with Gasteiger partial charge in [0.15, 0.2) is 5.84 Å². The van der Waals surface area contributed by atoms with Crippen LogP contribution in [-0.2, 0) is 6.54 Å². The highest BCUT2D eigenvalue weighted by Gasteiger charge is 2.08. The van der Waals surface area contributed by atoms with Crippen LogP contribution >= 0.6 is 0 Å². The molecule has 0 radical (unpaired) electrons. The van der Waals surface area contributed by atoms with Crippen molar-refractivity contribution in [3.63, 3.8) is 0 Å². The summed E-state index contributed by atoms with van der Waals surface area (Å²) in [6, 6.07) is 7.82. The van der Waals surface area contributed by atoms with E-state index in [4.69, 9.17) is 10.9 Å². The molecule has 106 valence electrons. The summed E-state index contributed by atoms with van der Waals surface area (Å²) in [5.74, 6) is 0.904. The van der Waals surface area contributed by atoms with Crippen LogP contribution < -0.4 is 5.73 Å². The topological polar surface area (TPSA) is 61.8 Å². The number of oxime groups is 1. The van der Waals surface area contributed by atoms with Crippen LogP contribution in [0.3, 0.4) is 0 Å². The number of rotatable bonds is 7. The highest BCUT2D eigenvalue weighted by Crippen LogP contribution is 2.12. The van der Waals surface area contributed by atoms with Gasteiger partial charge in [-0.1, -0.05) is 50.0 Å². The Morgan fingerprint density at radius 1 is 1.37 bits per heavy atom. The Morgan fingerprint density at radius 2 is 2.05 bits per heavy atom. The van der Waals surface area contributed by atoms with Gasteiger partial charge in [-0.15, -0.1) is 0 Å². The minimum atomic E-state index is 0.157. The Labute approximate surface area is 115 Å². The molecule has 0 unspecified atom stereocenters. The van der Waals surface area contributed by atoms with E-state index in [1.165, 1.54) is 18.4 Å². The minimum Gasteiger partial charge on any atom is -0.409 e. The molecule has 0 fully saturated rings. The number of hydrogen-bond donors (Lipinski definition) is 2. The van der Waals surface area contributed by atoms with Crippen molar-refractivity contribution in [1.82, 2.24) is 4.90 Å². The van der Waals surface area contributed by atoms with E-state index < -0.39 is 0 Å². The van der Waals surface area contributed by atoms with Crippen molar-refractivity contribution in [2.45, 2.75) is 33.2 Å². The SMILES string of the molecule is CCC(CC)CN(C)Cc1cccc(/C(N)=N/O)c1. The summed E-state index contributed by atoms with van der Waals surface area (Å²) in [5, 5.41) is 11.7. The molecule has 4 nitrogen and oxygen atoms in total. The molecule has 19 heavy (non-hydrogen) atoms. The smallest absolute Gasteiger partial charge is 0.170 e. The van der Waals surface area contributed by atoms with Crippen LogP contribution in [0, 0.1) is 5.92 Å². The number of amidine groups is 1. The van der Waals surface area contributed by atoms with Gasteiger partial charge in [-0.2, -0.15) is 0 Å². The lowest BCUT2D eigenvalue weighted by Gasteiger charge is -2.22. The summed E-state index contributed by atoms with van der Waals surface area (Å²) < 4.78 is 0. The predicted molar refractivity (Wildman–Crippen MR) is 79.4 cm³/mol. The van der Waals surface area contributed by atoms with E-state index in [1.807, 2.05) is 18.2 Å². The van der Waals surface area contributed by atoms with Crippen LogP contribution in [0.1, 0.15) is 37.8 Å². The van der Waals surface area contributed by atoms with Crippen molar-refractivity contribution in [3.05, 3.63) is 35.4 Å². The van der Waals surface area contributed by atoms with Crippen LogP contribution in [0.25, 0.3) is 0 Å². The molecule has 0 amide bonds. The van der Waals surface area contributed by atoms with E-state index in [0.29, 0.717) is 0 Å². The van der Waals surface area contributed by atoms with Gasteiger partial charge in [-0.3, -0.25) is 0 Å². The third-order valence-corrected chi connectivity index (χ3v) is 3.51. The minimum absolute atomic E-state index is 0.157. The summed E-state index contributed by atoms with van der Waals surface area (Å²) >= 11 is 0. The molecule has 0 spiro atoms. The Hall–Kier alpha value is -1.55. The maximum absolute atomic E-state index is 8.70. The first-order valence-corrected chi connectivity index (χ1v) is 6.86. The Kier molecular flexibility index (Phi) is 6.36. The van der Waals surface area contributed by atoms with Crippen LogP contribution in [0.15, 0.2) is 29.4 Å². The van der Waals surface area contributed by atoms with Gasteiger partial charge in [0.1, 0.15) is 0 Å². The van der Waals surface area contributed by atoms with Crippen molar-refractivity contribution in [1.29, 1.82) is 0 Å². The summed E-state index contributed by atoms with van der Waals surface area (Å²) in [6.07, 6.45) is 2.43. The maximum Gasteiger partial charge on any atom is 0.170 e. The first kappa shape index (κ1) is 15.5. The lowest BCUT2D eigenvalue weighted by atomic mass is 10.0. The second-order valence-corrected chi connectivity index (χ2v) is 5.06. The van der Waals surface area contributed by atoms with Gasteiger partial charge in [0, 0.05) is 18.7 Å². The van der Waals surface area contributed by atoms with Gasteiger partial charge in [-0.05, 0) is 24.6 Å².